The SMILES string of the molecule is COc1cccc(CC(=O)NCC(C)C(N)=NO)c1. The Morgan fingerprint density at radius 3 is 2.95 bits per heavy atom. The Balaban J connectivity index is 2.47. The van der Waals surface area contributed by atoms with Crippen LogP contribution in [0.25, 0.3) is 0 Å². The van der Waals surface area contributed by atoms with Gasteiger partial charge in [0.15, 0.2) is 0 Å². The molecule has 0 aliphatic heterocycles. The fourth-order valence-corrected chi connectivity index (χ4v) is 1.50. The standard InChI is InChI=1S/C13H19N3O3/c1-9(13(14)16-18)8-15-12(17)7-10-4-3-5-11(6-10)19-2/h3-6,9,18H,7-8H2,1-2H3,(H2,14,16)(H,15,17). The van der Waals surface area contributed by atoms with Gasteiger partial charge in [-0.2, -0.15) is 0 Å². The van der Waals surface area contributed by atoms with Gasteiger partial charge < -0.3 is 21.0 Å². The topological polar surface area (TPSA) is 96.9 Å². The Kier molecular flexibility index (Phi) is 5.66. The van der Waals surface area contributed by atoms with Crippen molar-refractivity contribution in [2.75, 3.05) is 13.7 Å². The third-order valence-electron chi connectivity index (χ3n) is 2.72. The molecule has 0 aromatic heterocycles. The second kappa shape index (κ2) is 7.25. The molecule has 0 aliphatic carbocycles. The number of rotatable bonds is 6. The van der Waals surface area contributed by atoms with Crippen molar-refractivity contribution in [3.63, 3.8) is 0 Å². The highest BCUT2D eigenvalue weighted by Gasteiger charge is 2.10. The number of carbonyl (C=O) groups excluding carboxylic acids is 1. The second-order valence-corrected chi connectivity index (χ2v) is 4.26. The van der Waals surface area contributed by atoms with Crippen LogP contribution in [-0.4, -0.2) is 30.6 Å². The highest BCUT2D eigenvalue weighted by atomic mass is 16.5. The van der Waals surface area contributed by atoms with Crippen molar-refractivity contribution in [3.8, 4) is 5.75 Å². The zero-order valence-corrected chi connectivity index (χ0v) is 11.1. The van der Waals surface area contributed by atoms with Crippen LogP contribution in [0.5, 0.6) is 5.75 Å². The van der Waals surface area contributed by atoms with Gasteiger partial charge in [0, 0.05) is 12.5 Å². The molecular formula is C13H19N3O3. The van der Waals surface area contributed by atoms with E-state index in [0.717, 1.165) is 11.3 Å². The first-order chi connectivity index (χ1) is 9.06. The molecule has 1 aromatic carbocycles. The normalized spacial score (nSPS) is 12.8. The number of nitrogens with one attached hydrogen (secondary N) is 1. The molecule has 6 heteroatoms. The lowest BCUT2D eigenvalue weighted by Crippen LogP contribution is -2.35. The summed E-state index contributed by atoms with van der Waals surface area (Å²) in [7, 11) is 1.58. The Hall–Kier alpha value is -2.24. The third kappa shape index (κ3) is 4.87. The van der Waals surface area contributed by atoms with Crippen molar-refractivity contribution in [3.05, 3.63) is 29.8 Å². The molecule has 0 radical (unpaired) electrons. The van der Waals surface area contributed by atoms with Crippen LogP contribution in [0.4, 0.5) is 0 Å². The minimum atomic E-state index is -0.209. The van der Waals surface area contributed by atoms with E-state index in [0.29, 0.717) is 6.54 Å². The minimum absolute atomic E-state index is 0.0988. The van der Waals surface area contributed by atoms with E-state index in [1.54, 1.807) is 14.0 Å². The molecular weight excluding hydrogens is 246 g/mol. The zero-order chi connectivity index (χ0) is 14.3. The van der Waals surface area contributed by atoms with Gasteiger partial charge in [-0.3, -0.25) is 4.79 Å². The fraction of sp³-hybridized carbons (Fsp3) is 0.385. The van der Waals surface area contributed by atoms with Crippen molar-refractivity contribution >= 4 is 11.7 Å². The van der Waals surface area contributed by atoms with Crippen LogP contribution < -0.4 is 15.8 Å². The molecule has 0 heterocycles. The van der Waals surface area contributed by atoms with Gasteiger partial charge in [-0.25, -0.2) is 0 Å². The number of hydrogen-bond acceptors (Lipinski definition) is 4. The molecule has 0 spiro atoms. The molecule has 1 aromatic rings. The van der Waals surface area contributed by atoms with Crippen LogP contribution in [-0.2, 0) is 11.2 Å². The molecule has 0 aliphatic rings. The van der Waals surface area contributed by atoms with Gasteiger partial charge >= 0.3 is 0 Å². The lowest BCUT2D eigenvalue weighted by atomic mass is 10.1. The summed E-state index contributed by atoms with van der Waals surface area (Å²) in [6.45, 7) is 2.10. The highest BCUT2D eigenvalue weighted by Crippen LogP contribution is 2.12. The van der Waals surface area contributed by atoms with E-state index in [1.165, 1.54) is 0 Å². The van der Waals surface area contributed by atoms with E-state index in [1.807, 2.05) is 24.3 Å². The van der Waals surface area contributed by atoms with E-state index in [-0.39, 0.29) is 24.1 Å². The first kappa shape index (κ1) is 14.8. The smallest absolute Gasteiger partial charge is 0.224 e. The molecule has 4 N–H and O–H groups in total. The number of oxime groups is 1. The summed E-state index contributed by atoms with van der Waals surface area (Å²) in [4.78, 5) is 11.7. The van der Waals surface area contributed by atoms with Crippen LogP contribution in [0.3, 0.4) is 0 Å². The Morgan fingerprint density at radius 1 is 1.58 bits per heavy atom. The molecule has 1 unspecified atom stereocenters. The van der Waals surface area contributed by atoms with Crippen LogP contribution in [0.15, 0.2) is 29.4 Å². The second-order valence-electron chi connectivity index (χ2n) is 4.26. The van der Waals surface area contributed by atoms with Crippen LogP contribution in [0.1, 0.15) is 12.5 Å². The number of amidine groups is 1. The molecule has 1 amide bonds. The van der Waals surface area contributed by atoms with E-state index in [9.17, 15) is 4.79 Å². The quantitative estimate of drug-likeness (QED) is 0.306. The summed E-state index contributed by atoms with van der Waals surface area (Å²) in [5.41, 5.74) is 6.29. The van der Waals surface area contributed by atoms with Gasteiger partial charge in [0.2, 0.25) is 5.91 Å². The maximum Gasteiger partial charge on any atom is 0.224 e. The van der Waals surface area contributed by atoms with Gasteiger partial charge in [0.1, 0.15) is 11.6 Å². The van der Waals surface area contributed by atoms with Crippen molar-refractivity contribution < 1.29 is 14.7 Å². The summed E-state index contributed by atoms with van der Waals surface area (Å²) in [6, 6.07) is 7.32. The first-order valence-electron chi connectivity index (χ1n) is 5.94. The molecule has 0 saturated heterocycles. The van der Waals surface area contributed by atoms with Crippen molar-refractivity contribution in [2.24, 2.45) is 16.8 Å². The van der Waals surface area contributed by atoms with E-state index >= 15 is 0 Å². The van der Waals surface area contributed by atoms with Gasteiger partial charge in [-0.15, -0.1) is 0 Å². The van der Waals surface area contributed by atoms with Gasteiger partial charge in [0.05, 0.1) is 13.5 Å². The average Bonchev–Trinajstić information content (AvgIpc) is 2.44. The highest BCUT2D eigenvalue weighted by molar-refractivity contribution is 5.83. The van der Waals surface area contributed by atoms with Crippen LogP contribution in [0, 0.1) is 5.92 Å². The fourth-order valence-electron chi connectivity index (χ4n) is 1.50. The van der Waals surface area contributed by atoms with Gasteiger partial charge in [0.25, 0.3) is 0 Å². The Bertz CT molecular complexity index is 460. The predicted molar refractivity (Wildman–Crippen MR) is 72.3 cm³/mol. The lowest BCUT2D eigenvalue weighted by molar-refractivity contribution is -0.120. The van der Waals surface area contributed by atoms with E-state index < -0.39 is 0 Å². The van der Waals surface area contributed by atoms with Crippen molar-refractivity contribution in [2.45, 2.75) is 13.3 Å². The summed E-state index contributed by atoms with van der Waals surface area (Å²) in [6.07, 6.45) is 0.264. The molecule has 6 nitrogen and oxygen atoms in total. The molecule has 0 fully saturated rings. The zero-order valence-electron chi connectivity index (χ0n) is 11.1. The predicted octanol–water partition coefficient (Wildman–Crippen LogP) is 0.736. The maximum absolute atomic E-state index is 11.7. The number of ether oxygens (including phenoxy) is 1. The number of benzene rings is 1. The molecule has 1 atom stereocenters. The number of hydrogen-bond donors (Lipinski definition) is 3. The Labute approximate surface area is 112 Å². The maximum atomic E-state index is 11.7. The molecule has 104 valence electrons. The van der Waals surface area contributed by atoms with Gasteiger partial charge in [-0.05, 0) is 17.7 Å². The molecule has 1 rings (SSSR count). The first-order valence-corrected chi connectivity index (χ1v) is 5.94. The summed E-state index contributed by atoms with van der Waals surface area (Å²) in [5, 5.41) is 14.1. The van der Waals surface area contributed by atoms with Crippen LogP contribution in [0.2, 0.25) is 0 Å². The van der Waals surface area contributed by atoms with E-state index in [4.69, 9.17) is 15.7 Å². The summed E-state index contributed by atoms with van der Waals surface area (Å²) in [5.74, 6) is 0.488. The number of nitrogens with zero attached hydrogens (tertiary/aromatic N) is 1. The van der Waals surface area contributed by atoms with Gasteiger partial charge in [-0.1, -0.05) is 24.2 Å². The monoisotopic (exact) mass is 265 g/mol. The van der Waals surface area contributed by atoms with Crippen molar-refractivity contribution in [1.82, 2.24) is 5.32 Å². The average molecular weight is 265 g/mol. The molecule has 0 saturated carbocycles. The minimum Gasteiger partial charge on any atom is -0.497 e. The largest absolute Gasteiger partial charge is 0.497 e. The lowest BCUT2D eigenvalue weighted by Gasteiger charge is -2.11. The van der Waals surface area contributed by atoms with E-state index in [2.05, 4.69) is 10.5 Å². The number of nitrogens with two attached hydrogens (primary N) is 1. The Morgan fingerprint density at radius 2 is 2.32 bits per heavy atom. The number of amides is 1. The number of methoxy groups -OCH3 is 1. The van der Waals surface area contributed by atoms with Crippen molar-refractivity contribution in [1.29, 1.82) is 0 Å². The third-order valence-corrected chi connectivity index (χ3v) is 2.72. The summed E-state index contributed by atoms with van der Waals surface area (Å²) >= 11 is 0. The van der Waals surface area contributed by atoms with Crippen LogP contribution >= 0.6 is 0 Å². The summed E-state index contributed by atoms with van der Waals surface area (Å²) < 4.78 is 5.09. The molecule has 19 heavy (non-hydrogen) atoms. The number of carbonyl (C=O) groups is 1. The molecule has 0 bridgehead atoms.